The van der Waals surface area contributed by atoms with Gasteiger partial charge in [-0.05, 0) is 46.6 Å². The Hall–Kier alpha value is -1.40. The van der Waals surface area contributed by atoms with E-state index in [0.29, 0.717) is 19.5 Å². The maximum Gasteiger partial charge on any atom is 0.227 e. The molecule has 1 unspecified atom stereocenters. The maximum absolute atomic E-state index is 11.9. The van der Waals surface area contributed by atoms with Gasteiger partial charge >= 0.3 is 0 Å². The van der Waals surface area contributed by atoms with Gasteiger partial charge in [0.1, 0.15) is 4.60 Å². The summed E-state index contributed by atoms with van der Waals surface area (Å²) in [6.45, 7) is 1.26. The zero-order valence-electron chi connectivity index (χ0n) is 9.69. The van der Waals surface area contributed by atoms with Gasteiger partial charge < -0.3 is 10.6 Å². The lowest BCUT2D eigenvalue weighted by Gasteiger charge is -2.16. The van der Waals surface area contributed by atoms with Gasteiger partial charge in [-0.2, -0.15) is 5.10 Å². The number of aromatic nitrogens is 2. The number of carbonyl (C=O) groups excluding carboxylic acids is 1. The van der Waals surface area contributed by atoms with Gasteiger partial charge in [0, 0.05) is 24.0 Å². The lowest BCUT2D eigenvalue weighted by molar-refractivity contribution is -0.117. The minimum atomic E-state index is 0.143. The summed E-state index contributed by atoms with van der Waals surface area (Å²) in [5, 5.41) is 7.99. The number of hydrogen-bond acceptors (Lipinski definition) is 3. The van der Waals surface area contributed by atoms with Crippen molar-refractivity contribution >= 4 is 38.4 Å². The van der Waals surface area contributed by atoms with Gasteiger partial charge in [-0.1, -0.05) is 0 Å². The Kier molecular flexibility index (Phi) is 2.83. The molecule has 0 bridgehead atoms. The van der Waals surface area contributed by atoms with Gasteiger partial charge in [-0.25, -0.2) is 0 Å². The average molecular weight is 309 g/mol. The van der Waals surface area contributed by atoms with Gasteiger partial charge in [-0.3, -0.25) is 9.89 Å². The molecule has 1 amide bonds. The molecule has 0 saturated carbocycles. The van der Waals surface area contributed by atoms with Crippen LogP contribution in [0.2, 0.25) is 0 Å². The molecule has 1 atom stereocenters. The number of nitrogens with two attached hydrogens (primary N) is 1. The van der Waals surface area contributed by atoms with Crippen LogP contribution in [0.4, 0.5) is 5.69 Å². The molecule has 1 aromatic carbocycles. The maximum atomic E-state index is 11.9. The van der Waals surface area contributed by atoms with Crippen molar-refractivity contribution in [1.82, 2.24) is 10.2 Å². The van der Waals surface area contributed by atoms with E-state index >= 15 is 0 Å². The smallest absolute Gasteiger partial charge is 0.227 e. The molecule has 3 rings (SSSR count). The molecule has 18 heavy (non-hydrogen) atoms. The minimum Gasteiger partial charge on any atom is -0.330 e. The van der Waals surface area contributed by atoms with E-state index in [2.05, 4.69) is 26.1 Å². The van der Waals surface area contributed by atoms with Crippen LogP contribution >= 0.6 is 15.9 Å². The molecule has 1 fully saturated rings. The van der Waals surface area contributed by atoms with Gasteiger partial charge in [0.25, 0.3) is 0 Å². The highest BCUT2D eigenvalue weighted by Gasteiger charge is 2.29. The quantitative estimate of drug-likeness (QED) is 0.885. The summed E-state index contributed by atoms with van der Waals surface area (Å²) < 4.78 is 0.835. The number of nitrogens with one attached hydrogen (secondary N) is 1. The van der Waals surface area contributed by atoms with Crippen LogP contribution in [0.25, 0.3) is 10.9 Å². The second kappa shape index (κ2) is 4.37. The molecule has 1 aliphatic heterocycles. The molecule has 0 aliphatic carbocycles. The standard InChI is InChI=1S/C12H13BrN4O/c13-12-9-4-8(1-2-10(9)15-16-12)17-6-7(5-14)3-11(17)18/h1-2,4,7H,3,5-6,14H2,(H,15,16). The van der Waals surface area contributed by atoms with Crippen molar-refractivity contribution in [2.24, 2.45) is 11.7 Å². The van der Waals surface area contributed by atoms with Crippen molar-refractivity contribution in [3.05, 3.63) is 22.8 Å². The van der Waals surface area contributed by atoms with Crippen LogP contribution in [0.15, 0.2) is 22.8 Å². The normalized spacial score (nSPS) is 20.0. The number of rotatable bonds is 2. The zero-order chi connectivity index (χ0) is 12.7. The van der Waals surface area contributed by atoms with Crippen molar-refractivity contribution in [1.29, 1.82) is 0 Å². The van der Waals surface area contributed by atoms with Crippen molar-refractivity contribution in [2.45, 2.75) is 6.42 Å². The number of nitrogens with zero attached hydrogens (tertiary/aromatic N) is 2. The van der Waals surface area contributed by atoms with Crippen molar-refractivity contribution in [2.75, 3.05) is 18.0 Å². The Morgan fingerprint density at radius 1 is 1.56 bits per heavy atom. The monoisotopic (exact) mass is 308 g/mol. The van der Waals surface area contributed by atoms with Gasteiger partial charge in [0.2, 0.25) is 5.91 Å². The van der Waals surface area contributed by atoms with E-state index in [1.54, 1.807) is 4.90 Å². The van der Waals surface area contributed by atoms with E-state index in [1.807, 2.05) is 18.2 Å². The van der Waals surface area contributed by atoms with Gasteiger partial charge in [-0.15, -0.1) is 0 Å². The SMILES string of the molecule is NCC1CC(=O)N(c2ccc3n[nH]c(Br)c3c2)C1. The number of anilines is 1. The molecular weight excluding hydrogens is 296 g/mol. The number of carbonyl (C=O) groups is 1. The molecule has 2 aromatic rings. The van der Waals surface area contributed by atoms with E-state index in [0.717, 1.165) is 21.2 Å². The van der Waals surface area contributed by atoms with E-state index in [4.69, 9.17) is 5.73 Å². The topological polar surface area (TPSA) is 75.0 Å². The first kappa shape index (κ1) is 11.7. The Morgan fingerprint density at radius 2 is 2.39 bits per heavy atom. The fourth-order valence-electron chi connectivity index (χ4n) is 2.32. The largest absolute Gasteiger partial charge is 0.330 e. The van der Waals surface area contributed by atoms with Gasteiger partial charge in [0.15, 0.2) is 0 Å². The molecule has 0 spiro atoms. The van der Waals surface area contributed by atoms with E-state index < -0.39 is 0 Å². The van der Waals surface area contributed by atoms with Crippen LogP contribution in [0.1, 0.15) is 6.42 Å². The second-order valence-corrected chi connectivity index (χ2v) is 5.34. The number of halogens is 1. The minimum absolute atomic E-state index is 0.143. The highest BCUT2D eigenvalue weighted by atomic mass is 79.9. The van der Waals surface area contributed by atoms with E-state index in [-0.39, 0.29) is 11.8 Å². The van der Waals surface area contributed by atoms with Crippen LogP contribution in [0.5, 0.6) is 0 Å². The van der Waals surface area contributed by atoms with E-state index in [9.17, 15) is 4.79 Å². The lowest BCUT2D eigenvalue weighted by Crippen LogP contribution is -2.25. The summed E-state index contributed by atoms with van der Waals surface area (Å²) in [5.74, 6) is 0.408. The molecule has 6 heteroatoms. The molecule has 94 valence electrons. The average Bonchev–Trinajstić information content (AvgIpc) is 2.93. The first-order valence-corrected chi connectivity index (χ1v) is 6.62. The third kappa shape index (κ3) is 1.81. The predicted molar refractivity (Wildman–Crippen MR) is 73.3 cm³/mol. The Morgan fingerprint density at radius 3 is 3.11 bits per heavy atom. The van der Waals surface area contributed by atoms with E-state index in [1.165, 1.54) is 0 Å². The number of benzene rings is 1. The lowest BCUT2D eigenvalue weighted by atomic mass is 10.1. The van der Waals surface area contributed by atoms with Crippen LogP contribution in [0, 0.1) is 5.92 Å². The summed E-state index contributed by atoms with van der Waals surface area (Å²) >= 11 is 3.41. The first-order chi connectivity index (χ1) is 8.69. The summed E-state index contributed by atoms with van der Waals surface area (Å²) in [6.07, 6.45) is 0.543. The van der Waals surface area contributed by atoms with Crippen LogP contribution in [0.3, 0.4) is 0 Å². The molecule has 2 heterocycles. The Labute approximate surface area is 112 Å². The molecule has 1 aliphatic rings. The third-order valence-corrected chi connectivity index (χ3v) is 3.95. The van der Waals surface area contributed by atoms with Crippen molar-refractivity contribution in [3.8, 4) is 0 Å². The fourth-order valence-corrected chi connectivity index (χ4v) is 2.73. The number of H-pyrrole nitrogens is 1. The molecular formula is C12H13BrN4O. The molecule has 1 saturated heterocycles. The Balaban J connectivity index is 1.99. The Bertz CT molecular complexity index is 609. The highest BCUT2D eigenvalue weighted by molar-refractivity contribution is 9.10. The number of aromatic amines is 1. The summed E-state index contributed by atoms with van der Waals surface area (Å²) in [6, 6.07) is 5.81. The molecule has 3 N–H and O–H groups in total. The van der Waals surface area contributed by atoms with Crippen LogP contribution in [-0.4, -0.2) is 29.2 Å². The number of fused-ring (bicyclic) bond motifs is 1. The number of amides is 1. The van der Waals surface area contributed by atoms with Crippen LogP contribution < -0.4 is 10.6 Å². The van der Waals surface area contributed by atoms with Crippen molar-refractivity contribution < 1.29 is 4.79 Å². The molecule has 5 nitrogen and oxygen atoms in total. The summed E-state index contributed by atoms with van der Waals surface area (Å²) in [5.41, 5.74) is 7.42. The predicted octanol–water partition coefficient (Wildman–Crippen LogP) is 1.64. The highest BCUT2D eigenvalue weighted by Crippen LogP contribution is 2.29. The van der Waals surface area contributed by atoms with Gasteiger partial charge in [0.05, 0.1) is 5.52 Å². The zero-order valence-corrected chi connectivity index (χ0v) is 11.3. The second-order valence-electron chi connectivity index (χ2n) is 4.55. The molecule has 0 radical (unpaired) electrons. The molecule has 1 aromatic heterocycles. The van der Waals surface area contributed by atoms with Crippen LogP contribution in [-0.2, 0) is 4.79 Å². The third-order valence-electron chi connectivity index (χ3n) is 3.34. The summed E-state index contributed by atoms with van der Waals surface area (Å²) in [4.78, 5) is 13.7. The summed E-state index contributed by atoms with van der Waals surface area (Å²) in [7, 11) is 0. The fraction of sp³-hybridized carbons (Fsp3) is 0.333. The van der Waals surface area contributed by atoms with Crippen molar-refractivity contribution in [3.63, 3.8) is 0 Å². The number of hydrogen-bond donors (Lipinski definition) is 2. The first-order valence-electron chi connectivity index (χ1n) is 5.83.